The van der Waals surface area contributed by atoms with E-state index in [2.05, 4.69) is 26.1 Å². The van der Waals surface area contributed by atoms with Crippen molar-refractivity contribution in [2.45, 2.75) is 45.6 Å². The molecule has 3 atom stereocenters. The van der Waals surface area contributed by atoms with Crippen molar-refractivity contribution >= 4 is 5.91 Å². The zero-order valence-corrected chi connectivity index (χ0v) is 12.1. The van der Waals surface area contributed by atoms with Crippen molar-refractivity contribution in [2.75, 3.05) is 0 Å². The molecule has 1 amide bonds. The third-order valence-corrected chi connectivity index (χ3v) is 5.52. The number of carbonyl (C=O) groups excluding carboxylic acids is 1. The van der Waals surface area contributed by atoms with E-state index in [1.165, 1.54) is 12.8 Å². The van der Waals surface area contributed by atoms with Gasteiger partial charge in [0.25, 0.3) is 5.91 Å². The van der Waals surface area contributed by atoms with Crippen LogP contribution in [0.5, 0.6) is 0 Å². The van der Waals surface area contributed by atoms with E-state index in [1.807, 2.05) is 30.3 Å². The van der Waals surface area contributed by atoms with Crippen molar-refractivity contribution in [1.29, 1.82) is 0 Å². The van der Waals surface area contributed by atoms with Gasteiger partial charge in [-0.15, -0.1) is 0 Å². The lowest BCUT2D eigenvalue weighted by Gasteiger charge is -2.29. The molecule has 0 aromatic heterocycles. The number of carbonyl (C=O) groups is 1. The van der Waals surface area contributed by atoms with Crippen LogP contribution in [-0.4, -0.2) is 11.4 Å². The minimum absolute atomic E-state index is 0.0393. The Morgan fingerprint density at radius 1 is 1.21 bits per heavy atom. The van der Waals surface area contributed by atoms with Crippen LogP contribution in [-0.2, 0) is 0 Å². The standard InChI is InChI=1S/C17H23NO/c1-12-9-10-14-16(2,3)17(14,11-12)18-15(19)13-7-5-4-6-8-13/h4-8,12,14H,9-11H2,1-3H3,(H,18,19). The molecule has 0 aliphatic heterocycles. The van der Waals surface area contributed by atoms with Gasteiger partial charge in [0.2, 0.25) is 0 Å². The summed E-state index contributed by atoms with van der Waals surface area (Å²) in [6.07, 6.45) is 3.68. The van der Waals surface area contributed by atoms with Crippen LogP contribution in [0.4, 0.5) is 0 Å². The molecule has 1 aromatic rings. The molecule has 2 aliphatic rings. The van der Waals surface area contributed by atoms with Crippen molar-refractivity contribution in [1.82, 2.24) is 5.32 Å². The Labute approximate surface area is 115 Å². The Hall–Kier alpha value is -1.31. The molecule has 3 unspecified atom stereocenters. The van der Waals surface area contributed by atoms with Gasteiger partial charge in [0.05, 0.1) is 0 Å². The van der Waals surface area contributed by atoms with E-state index in [9.17, 15) is 4.79 Å². The first-order valence-corrected chi connectivity index (χ1v) is 7.35. The van der Waals surface area contributed by atoms with E-state index >= 15 is 0 Å². The number of fused-ring (bicyclic) bond motifs is 1. The topological polar surface area (TPSA) is 29.1 Å². The molecule has 102 valence electrons. The van der Waals surface area contributed by atoms with E-state index in [-0.39, 0.29) is 16.9 Å². The largest absolute Gasteiger partial charge is 0.346 e. The van der Waals surface area contributed by atoms with Crippen molar-refractivity contribution in [3.63, 3.8) is 0 Å². The third-order valence-electron chi connectivity index (χ3n) is 5.52. The predicted molar refractivity (Wildman–Crippen MR) is 76.9 cm³/mol. The first-order chi connectivity index (χ1) is 8.97. The highest BCUT2D eigenvalue weighted by molar-refractivity contribution is 5.95. The van der Waals surface area contributed by atoms with Crippen LogP contribution < -0.4 is 5.32 Å². The first kappa shape index (κ1) is 12.7. The number of benzene rings is 1. The number of hydrogen-bond acceptors (Lipinski definition) is 1. The van der Waals surface area contributed by atoms with Crippen LogP contribution in [0, 0.1) is 17.3 Å². The molecule has 2 aliphatic carbocycles. The number of nitrogens with one attached hydrogen (secondary N) is 1. The van der Waals surface area contributed by atoms with Crippen molar-refractivity contribution in [2.24, 2.45) is 17.3 Å². The molecule has 2 nitrogen and oxygen atoms in total. The van der Waals surface area contributed by atoms with Crippen molar-refractivity contribution in [3.8, 4) is 0 Å². The minimum Gasteiger partial charge on any atom is -0.346 e. The number of hydrogen-bond donors (Lipinski definition) is 1. The third kappa shape index (κ3) is 1.80. The summed E-state index contributed by atoms with van der Waals surface area (Å²) in [4.78, 5) is 12.4. The zero-order chi connectivity index (χ0) is 13.7. The van der Waals surface area contributed by atoms with Crippen LogP contribution in [0.25, 0.3) is 0 Å². The second kappa shape index (κ2) is 4.09. The van der Waals surface area contributed by atoms with E-state index in [1.54, 1.807) is 0 Å². The summed E-state index contributed by atoms with van der Waals surface area (Å²) in [7, 11) is 0. The Morgan fingerprint density at radius 2 is 1.89 bits per heavy atom. The number of rotatable bonds is 2. The minimum atomic E-state index is 0.0393. The monoisotopic (exact) mass is 257 g/mol. The molecule has 1 N–H and O–H groups in total. The molecule has 3 rings (SSSR count). The van der Waals surface area contributed by atoms with Gasteiger partial charge in [-0.2, -0.15) is 0 Å². The maximum atomic E-state index is 12.4. The fraction of sp³-hybridized carbons (Fsp3) is 0.588. The van der Waals surface area contributed by atoms with Gasteiger partial charge in [-0.3, -0.25) is 4.79 Å². The summed E-state index contributed by atoms with van der Waals surface area (Å²) in [5.41, 5.74) is 1.07. The molecule has 0 radical (unpaired) electrons. The first-order valence-electron chi connectivity index (χ1n) is 7.35. The van der Waals surface area contributed by atoms with E-state index < -0.39 is 0 Å². The predicted octanol–water partition coefficient (Wildman–Crippen LogP) is 3.63. The van der Waals surface area contributed by atoms with Gasteiger partial charge < -0.3 is 5.32 Å². The highest BCUT2D eigenvalue weighted by Gasteiger charge is 2.72. The van der Waals surface area contributed by atoms with Gasteiger partial charge in [0.15, 0.2) is 0 Å². The van der Waals surface area contributed by atoms with E-state index in [4.69, 9.17) is 0 Å². The van der Waals surface area contributed by atoms with Gasteiger partial charge in [-0.25, -0.2) is 0 Å². The fourth-order valence-electron chi connectivity index (χ4n) is 4.25. The van der Waals surface area contributed by atoms with Crippen LogP contribution in [0.15, 0.2) is 30.3 Å². The van der Waals surface area contributed by atoms with Gasteiger partial charge in [-0.05, 0) is 42.2 Å². The molecule has 1 aromatic carbocycles. The lowest BCUT2D eigenvalue weighted by molar-refractivity contribution is 0.0902. The molecular weight excluding hydrogens is 234 g/mol. The Kier molecular flexibility index (Phi) is 2.74. The van der Waals surface area contributed by atoms with Gasteiger partial charge in [0, 0.05) is 11.1 Å². The number of amides is 1. The average Bonchev–Trinajstić information content (AvgIpc) is 2.85. The van der Waals surface area contributed by atoms with Gasteiger partial charge >= 0.3 is 0 Å². The van der Waals surface area contributed by atoms with Crippen LogP contribution in [0.2, 0.25) is 0 Å². The summed E-state index contributed by atoms with van der Waals surface area (Å²) >= 11 is 0. The molecule has 0 heterocycles. The summed E-state index contributed by atoms with van der Waals surface area (Å²) in [5.74, 6) is 1.46. The van der Waals surface area contributed by atoms with E-state index in [0.717, 1.165) is 12.0 Å². The molecule has 0 saturated heterocycles. The maximum Gasteiger partial charge on any atom is 0.251 e. The lowest BCUT2D eigenvalue weighted by Crippen LogP contribution is -2.43. The molecule has 2 saturated carbocycles. The molecule has 2 fully saturated rings. The second-order valence-electron chi connectivity index (χ2n) is 6.95. The molecule has 2 heteroatoms. The summed E-state index contributed by atoms with van der Waals surface area (Å²) in [6, 6.07) is 9.57. The molecule has 0 spiro atoms. The Balaban J connectivity index is 1.81. The normalized spacial score (nSPS) is 35.3. The van der Waals surface area contributed by atoms with Crippen LogP contribution in [0.3, 0.4) is 0 Å². The van der Waals surface area contributed by atoms with Crippen LogP contribution in [0.1, 0.15) is 50.4 Å². The Bertz CT molecular complexity index is 493. The zero-order valence-electron chi connectivity index (χ0n) is 12.1. The average molecular weight is 257 g/mol. The molecule has 0 bridgehead atoms. The summed E-state index contributed by atoms with van der Waals surface area (Å²) in [5, 5.41) is 3.37. The SMILES string of the molecule is CC1CCC2C(C)(C)C2(NC(=O)c2ccccc2)C1. The lowest BCUT2D eigenvalue weighted by atomic mass is 9.86. The van der Waals surface area contributed by atoms with Crippen LogP contribution >= 0.6 is 0 Å². The highest BCUT2D eigenvalue weighted by Crippen LogP contribution is 2.68. The van der Waals surface area contributed by atoms with E-state index in [0.29, 0.717) is 11.8 Å². The van der Waals surface area contributed by atoms with Crippen molar-refractivity contribution in [3.05, 3.63) is 35.9 Å². The highest BCUT2D eigenvalue weighted by atomic mass is 16.1. The summed E-state index contributed by atoms with van der Waals surface area (Å²) < 4.78 is 0. The smallest absolute Gasteiger partial charge is 0.251 e. The fourth-order valence-corrected chi connectivity index (χ4v) is 4.25. The maximum absolute atomic E-state index is 12.4. The quantitative estimate of drug-likeness (QED) is 0.861. The molecular formula is C17H23NO. The molecule has 19 heavy (non-hydrogen) atoms. The van der Waals surface area contributed by atoms with Gasteiger partial charge in [0.1, 0.15) is 0 Å². The second-order valence-corrected chi connectivity index (χ2v) is 6.95. The van der Waals surface area contributed by atoms with Gasteiger partial charge in [-0.1, -0.05) is 45.4 Å². The Morgan fingerprint density at radius 3 is 2.58 bits per heavy atom. The van der Waals surface area contributed by atoms with Crippen molar-refractivity contribution < 1.29 is 4.79 Å². The summed E-state index contributed by atoms with van der Waals surface area (Å²) in [6.45, 7) is 6.92.